The molecule has 2 rings (SSSR count). The fourth-order valence-electron chi connectivity index (χ4n) is 2.66. The van der Waals surface area contributed by atoms with Crippen LogP contribution in [0.1, 0.15) is 18.9 Å². The summed E-state index contributed by atoms with van der Waals surface area (Å²) in [6, 6.07) is 5.03. The minimum absolute atomic E-state index is 0.188. The summed E-state index contributed by atoms with van der Waals surface area (Å²) >= 11 is 5.68. The first kappa shape index (κ1) is 13.8. The van der Waals surface area contributed by atoms with E-state index < -0.39 is 0 Å². The predicted molar refractivity (Wildman–Crippen MR) is 73.3 cm³/mol. The van der Waals surface area contributed by atoms with Crippen LogP contribution in [0.5, 0.6) is 0 Å². The highest BCUT2D eigenvalue weighted by Crippen LogP contribution is 2.26. The lowest BCUT2D eigenvalue weighted by molar-refractivity contribution is 0.203. The number of benzene rings is 1. The first-order valence-corrected chi connectivity index (χ1v) is 6.69. The Bertz CT molecular complexity index is 416. The number of nitrogens with zero attached hydrogens (tertiary/aromatic N) is 1. The van der Waals surface area contributed by atoms with Crippen LogP contribution in [-0.2, 0) is 6.54 Å². The third-order valence-electron chi connectivity index (χ3n) is 3.55. The molecule has 1 unspecified atom stereocenters. The Morgan fingerprint density at radius 2 is 2.28 bits per heavy atom. The van der Waals surface area contributed by atoms with Gasteiger partial charge in [0.2, 0.25) is 0 Å². The molecule has 1 heterocycles. The van der Waals surface area contributed by atoms with E-state index in [1.54, 1.807) is 6.07 Å². The van der Waals surface area contributed by atoms with Crippen molar-refractivity contribution < 1.29 is 4.39 Å². The molecule has 1 aromatic rings. The van der Waals surface area contributed by atoms with Gasteiger partial charge in [-0.15, -0.1) is 0 Å². The Morgan fingerprint density at radius 3 is 2.89 bits per heavy atom. The molecule has 0 aromatic heterocycles. The lowest BCUT2D eigenvalue weighted by Gasteiger charge is -2.29. The van der Waals surface area contributed by atoms with Gasteiger partial charge in [-0.1, -0.05) is 24.6 Å². The molecule has 2 nitrogen and oxygen atoms in total. The maximum absolute atomic E-state index is 13.3. The molecule has 0 radical (unpaired) electrons. The number of hydrogen-bond donors (Lipinski definition) is 1. The summed E-state index contributed by atoms with van der Waals surface area (Å²) in [6.45, 7) is 6.23. The van der Waals surface area contributed by atoms with E-state index in [-0.39, 0.29) is 10.8 Å². The van der Waals surface area contributed by atoms with Gasteiger partial charge in [-0.3, -0.25) is 0 Å². The van der Waals surface area contributed by atoms with Gasteiger partial charge < -0.3 is 10.2 Å². The Hall–Kier alpha value is -0.640. The molecular formula is C14H20ClFN2. The van der Waals surface area contributed by atoms with Gasteiger partial charge in [0.15, 0.2) is 0 Å². The maximum atomic E-state index is 13.3. The quantitative estimate of drug-likeness (QED) is 0.905. The second-order valence-corrected chi connectivity index (χ2v) is 6.07. The van der Waals surface area contributed by atoms with E-state index >= 15 is 0 Å². The zero-order valence-corrected chi connectivity index (χ0v) is 11.7. The van der Waals surface area contributed by atoms with E-state index in [0.29, 0.717) is 5.41 Å². The van der Waals surface area contributed by atoms with E-state index in [2.05, 4.69) is 24.2 Å². The number of hydrogen-bond acceptors (Lipinski definition) is 2. The van der Waals surface area contributed by atoms with Crippen molar-refractivity contribution in [2.45, 2.75) is 19.9 Å². The maximum Gasteiger partial charge on any atom is 0.142 e. The van der Waals surface area contributed by atoms with E-state index in [1.165, 1.54) is 12.5 Å². The summed E-state index contributed by atoms with van der Waals surface area (Å²) in [5.74, 6) is -0.337. The lowest BCUT2D eigenvalue weighted by Crippen LogP contribution is -2.34. The summed E-state index contributed by atoms with van der Waals surface area (Å²) in [4.78, 5) is 2.25. The molecule has 1 aliphatic heterocycles. The fourth-order valence-corrected chi connectivity index (χ4v) is 2.78. The smallest absolute Gasteiger partial charge is 0.142 e. The molecular weight excluding hydrogens is 251 g/mol. The first-order valence-electron chi connectivity index (χ1n) is 6.32. The van der Waals surface area contributed by atoms with Gasteiger partial charge in [0.05, 0.1) is 5.02 Å². The molecule has 18 heavy (non-hydrogen) atoms. The first-order chi connectivity index (χ1) is 8.48. The van der Waals surface area contributed by atoms with Gasteiger partial charge in [-0.05, 0) is 43.1 Å². The summed E-state index contributed by atoms with van der Waals surface area (Å²) < 4.78 is 13.3. The van der Waals surface area contributed by atoms with E-state index in [1.807, 2.05) is 6.07 Å². The SMILES string of the molecule is CN(Cc1ccc(Cl)c(F)c1)CC1(C)CCNC1. The van der Waals surface area contributed by atoms with Gasteiger partial charge in [0.1, 0.15) is 5.82 Å². The molecule has 1 aromatic carbocycles. The van der Waals surface area contributed by atoms with Crippen molar-refractivity contribution in [3.63, 3.8) is 0 Å². The highest BCUT2D eigenvalue weighted by molar-refractivity contribution is 6.30. The number of rotatable bonds is 4. The lowest BCUT2D eigenvalue weighted by atomic mass is 9.89. The van der Waals surface area contributed by atoms with Crippen LogP contribution < -0.4 is 5.32 Å². The van der Waals surface area contributed by atoms with Crippen molar-refractivity contribution in [2.24, 2.45) is 5.41 Å². The van der Waals surface area contributed by atoms with Gasteiger partial charge in [0, 0.05) is 19.6 Å². The molecule has 1 fully saturated rings. The van der Waals surface area contributed by atoms with Gasteiger partial charge >= 0.3 is 0 Å². The van der Waals surface area contributed by atoms with Crippen LogP contribution in [-0.4, -0.2) is 31.6 Å². The van der Waals surface area contributed by atoms with Gasteiger partial charge in [-0.25, -0.2) is 4.39 Å². The molecule has 0 spiro atoms. The van der Waals surface area contributed by atoms with Crippen LogP contribution in [0.25, 0.3) is 0 Å². The molecule has 1 aliphatic rings. The molecule has 1 atom stereocenters. The van der Waals surface area contributed by atoms with Crippen molar-refractivity contribution in [3.8, 4) is 0 Å². The normalized spacial score (nSPS) is 23.8. The second-order valence-electron chi connectivity index (χ2n) is 5.66. The topological polar surface area (TPSA) is 15.3 Å². The van der Waals surface area contributed by atoms with Crippen molar-refractivity contribution in [3.05, 3.63) is 34.6 Å². The summed E-state index contributed by atoms with van der Waals surface area (Å²) in [6.07, 6.45) is 1.20. The predicted octanol–water partition coefficient (Wildman–Crippen LogP) is 2.91. The van der Waals surface area contributed by atoms with Crippen molar-refractivity contribution >= 4 is 11.6 Å². The van der Waals surface area contributed by atoms with Crippen LogP contribution >= 0.6 is 11.6 Å². The summed E-state index contributed by atoms with van der Waals surface area (Å²) in [5, 5.41) is 3.58. The molecule has 100 valence electrons. The standard InChI is InChI=1S/C14H20ClFN2/c1-14(5-6-17-9-14)10-18(2)8-11-3-4-12(15)13(16)7-11/h3-4,7,17H,5-6,8-10H2,1-2H3. The van der Waals surface area contributed by atoms with Crippen LogP contribution in [0.15, 0.2) is 18.2 Å². The zero-order valence-electron chi connectivity index (χ0n) is 11.0. The largest absolute Gasteiger partial charge is 0.316 e. The number of halogens is 2. The van der Waals surface area contributed by atoms with Gasteiger partial charge in [-0.2, -0.15) is 0 Å². The minimum atomic E-state index is -0.337. The Kier molecular flexibility index (Phi) is 4.25. The van der Waals surface area contributed by atoms with Crippen LogP contribution in [0.3, 0.4) is 0 Å². The summed E-state index contributed by atoms with van der Waals surface area (Å²) in [5.41, 5.74) is 1.30. The highest BCUT2D eigenvalue weighted by Gasteiger charge is 2.29. The van der Waals surface area contributed by atoms with Crippen molar-refractivity contribution in [1.29, 1.82) is 0 Å². The molecule has 0 aliphatic carbocycles. The second kappa shape index (κ2) is 5.55. The van der Waals surface area contributed by atoms with E-state index in [0.717, 1.165) is 31.7 Å². The Balaban J connectivity index is 1.94. The molecule has 0 amide bonds. The molecule has 1 N–H and O–H groups in total. The Labute approximate surface area is 113 Å². The minimum Gasteiger partial charge on any atom is -0.316 e. The third-order valence-corrected chi connectivity index (χ3v) is 3.85. The van der Waals surface area contributed by atoms with Crippen LogP contribution in [0.4, 0.5) is 4.39 Å². The monoisotopic (exact) mass is 270 g/mol. The fraction of sp³-hybridized carbons (Fsp3) is 0.571. The van der Waals surface area contributed by atoms with Crippen LogP contribution in [0, 0.1) is 11.2 Å². The van der Waals surface area contributed by atoms with E-state index in [4.69, 9.17) is 11.6 Å². The number of nitrogens with one attached hydrogen (secondary N) is 1. The molecule has 4 heteroatoms. The summed E-state index contributed by atoms with van der Waals surface area (Å²) in [7, 11) is 2.08. The molecule has 0 bridgehead atoms. The molecule has 1 saturated heterocycles. The average Bonchev–Trinajstić information content (AvgIpc) is 2.70. The van der Waals surface area contributed by atoms with Crippen molar-refractivity contribution in [1.82, 2.24) is 10.2 Å². The van der Waals surface area contributed by atoms with Crippen LogP contribution in [0.2, 0.25) is 5.02 Å². The Morgan fingerprint density at radius 1 is 1.50 bits per heavy atom. The third kappa shape index (κ3) is 3.44. The van der Waals surface area contributed by atoms with Gasteiger partial charge in [0.25, 0.3) is 0 Å². The van der Waals surface area contributed by atoms with E-state index in [9.17, 15) is 4.39 Å². The highest BCUT2D eigenvalue weighted by atomic mass is 35.5. The zero-order chi connectivity index (χ0) is 13.2. The average molecular weight is 271 g/mol. The van der Waals surface area contributed by atoms with Crippen molar-refractivity contribution in [2.75, 3.05) is 26.7 Å². The molecule has 0 saturated carbocycles.